The topological polar surface area (TPSA) is 193 Å². The molecule has 0 aliphatic rings. The van der Waals surface area contributed by atoms with Crippen molar-refractivity contribution in [2.75, 3.05) is 0 Å². The van der Waals surface area contributed by atoms with Gasteiger partial charge in [-0.2, -0.15) is 0 Å². The van der Waals surface area contributed by atoms with Crippen molar-refractivity contribution in [2.24, 2.45) is 5.73 Å². The van der Waals surface area contributed by atoms with E-state index in [-0.39, 0.29) is 0 Å². The summed E-state index contributed by atoms with van der Waals surface area (Å²) in [4.78, 5) is 39.9. The predicted octanol–water partition coefficient (Wildman–Crippen LogP) is 0.366. The number of hydrogen-bond donors (Lipinski definition) is 2. The average molecular weight is 300 g/mol. The number of carbonyl (C=O) groups is 1. The number of aliphatic carboxylic acids is 1. The van der Waals surface area contributed by atoms with Crippen LogP contribution in [-0.4, -0.2) is 31.9 Å². The van der Waals surface area contributed by atoms with Crippen LogP contribution in [0.15, 0.2) is 12.1 Å². The Morgan fingerprint density at radius 2 is 1.52 bits per heavy atom. The Balaban J connectivity index is 3.57. The second kappa shape index (κ2) is 5.87. The number of carboxylic acids is 1. The highest BCUT2D eigenvalue weighted by Crippen LogP contribution is 2.34. The van der Waals surface area contributed by atoms with Gasteiger partial charge in [0.2, 0.25) is 0 Å². The van der Waals surface area contributed by atoms with Gasteiger partial charge in [-0.1, -0.05) is 0 Å². The van der Waals surface area contributed by atoms with Crippen molar-refractivity contribution in [1.82, 2.24) is 0 Å². The van der Waals surface area contributed by atoms with Crippen LogP contribution in [0.3, 0.4) is 0 Å². The van der Waals surface area contributed by atoms with E-state index in [0.717, 1.165) is 0 Å². The van der Waals surface area contributed by atoms with Gasteiger partial charge in [0.25, 0.3) is 17.1 Å². The summed E-state index contributed by atoms with van der Waals surface area (Å²) < 4.78 is 0. The maximum Gasteiger partial charge on any atom is 0.320 e. The molecule has 0 bridgehead atoms. The molecule has 21 heavy (non-hydrogen) atoms. The number of non-ortho nitro benzene ring substituents is 1. The van der Waals surface area contributed by atoms with Gasteiger partial charge in [0, 0.05) is 6.42 Å². The zero-order valence-corrected chi connectivity index (χ0v) is 10.2. The maximum atomic E-state index is 10.9. The first kappa shape index (κ1) is 15.9. The quantitative estimate of drug-likeness (QED) is 0.550. The summed E-state index contributed by atoms with van der Waals surface area (Å²) >= 11 is 0. The normalized spacial score (nSPS) is 11.7. The van der Waals surface area contributed by atoms with Crippen molar-refractivity contribution < 1.29 is 24.7 Å². The zero-order valence-electron chi connectivity index (χ0n) is 10.2. The van der Waals surface area contributed by atoms with E-state index >= 15 is 0 Å². The summed E-state index contributed by atoms with van der Waals surface area (Å²) in [5.41, 5.74) is 1.93. The van der Waals surface area contributed by atoms with Crippen LogP contribution in [0.2, 0.25) is 0 Å². The lowest BCUT2D eigenvalue weighted by Crippen LogP contribution is -2.32. The third-order valence-corrected chi connectivity index (χ3v) is 2.53. The van der Waals surface area contributed by atoms with Crippen LogP contribution >= 0.6 is 0 Å². The number of nitro groups is 3. The predicted molar refractivity (Wildman–Crippen MR) is 65.7 cm³/mol. The lowest BCUT2D eigenvalue weighted by atomic mass is 10.0. The molecule has 0 amide bonds. The number of nitro benzene ring substituents is 3. The highest BCUT2D eigenvalue weighted by molar-refractivity contribution is 5.74. The fraction of sp³-hybridized carbons (Fsp3) is 0.222. The molecule has 0 aliphatic carbocycles. The lowest BCUT2D eigenvalue weighted by Gasteiger charge is -2.07. The molecule has 0 heterocycles. The summed E-state index contributed by atoms with van der Waals surface area (Å²) in [7, 11) is 0. The third kappa shape index (κ3) is 3.44. The van der Waals surface area contributed by atoms with E-state index in [0.29, 0.717) is 12.1 Å². The second-order valence-corrected chi connectivity index (χ2v) is 3.88. The Bertz CT molecular complexity index is 608. The van der Waals surface area contributed by atoms with Crippen LogP contribution in [0.25, 0.3) is 0 Å². The van der Waals surface area contributed by atoms with E-state index in [2.05, 4.69) is 0 Å². The largest absolute Gasteiger partial charge is 0.480 e. The number of nitrogens with zero attached hydrogens (tertiary/aromatic N) is 3. The van der Waals surface area contributed by atoms with Crippen LogP contribution in [0.4, 0.5) is 17.1 Å². The van der Waals surface area contributed by atoms with Crippen molar-refractivity contribution in [1.29, 1.82) is 0 Å². The van der Waals surface area contributed by atoms with E-state index in [4.69, 9.17) is 10.8 Å². The summed E-state index contributed by atoms with van der Waals surface area (Å²) in [5, 5.41) is 41.1. The molecule has 1 rings (SSSR count). The Hall–Kier alpha value is -3.15. The zero-order chi connectivity index (χ0) is 16.3. The van der Waals surface area contributed by atoms with E-state index in [1.807, 2.05) is 0 Å². The smallest absolute Gasteiger partial charge is 0.320 e. The second-order valence-electron chi connectivity index (χ2n) is 3.88. The highest BCUT2D eigenvalue weighted by Gasteiger charge is 2.32. The number of benzene rings is 1. The lowest BCUT2D eigenvalue weighted by molar-refractivity contribution is -0.404. The van der Waals surface area contributed by atoms with Gasteiger partial charge in [0.15, 0.2) is 0 Å². The van der Waals surface area contributed by atoms with Crippen LogP contribution in [0, 0.1) is 30.3 Å². The molecule has 0 fully saturated rings. The Morgan fingerprint density at radius 3 is 1.81 bits per heavy atom. The summed E-state index contributed by atoms with van der Waals surface area (Å²) in [6.45, 7) is 0. The van der Waals surface area contributed by atoms with Gasteiger partial charge in [-0.3, -0.25) is 35.1 Å². The molecule has 0 radical (unpaired) electrons. The van der Waals surface area contributed by atoms with Crippen LogP contribution in [-0.2, 0) is 11.2 Å². The molecule has 1 aromatic rings. The fourth-order valence-electron chi connectivity index (χ4n) is 1.57. The van der Waals surface area contributed by atoms with E-state index < -0.39 is 55.8 Å². The maximum absolute atomic E-state index is 10.9. The van der Waals surface area contributed by atoms with E-state index in [1.54, 1.807) is 0 Å². The van der Waals surface area contributed by atoms with Gasteiger partial charge in [0.1, 0.15) is 11.6 Å². The average Bonchev–Trinajstić information content (AvgIpc) is 2.37. The standard InChI is InChI=1S/C9H8N4O8/c10-6(9(14)15)3-5-7(12(18)19)1-4(11(16)17)2-8(5)13(20)21/h1-2,6H,3,10H2,(H,14,15). The van der Waals surface area contributed by atoms with Crippen molar-refractivity contribution in [3.63, 3.8) is 0 Å². The van der Waals surface area contributed by atoms with Crippen LogP contribution in [0.1, 0.15) is 5.56 Å². The molecule has 0 aliphatic heterocycles. The summed E-state index contributed by atoms with van der Waals surface area (Å²) in [5.74, 6) is -1.52. The molecule has 1 aromatic carbocycles. The van der Waals surface area contributed by atoms with Gasteiger partial charge in [0.05, 0.1) is 26.9 Å². The SMILES string of the molecule is NC(Cc1c([N+](=O)[O-])cc([N+](=O)[O-])cc1[N+](=O)[O-])C(=O)O. The Labute approximate surface area is 115 Å². The fourth-order valence-corrected chi connectivity index (χ4v) is 1.57. The monoisotopic (exact) mass is 300 g/mol. The Morgan fingerprint density at radius 1 is 1.10 bits per heavy atom. The van der Waals surface area contributed by atoms with Crippen LogP contribution < -0.4 is 5.73 Å². The molecule has 0 aromatic heterocycles. The highest BCUT2D eigenvalue weighted by atomic mass is 16.6. The van der Waals surface area contributed by atoms with Crippen molar-refractivity contribution >= 4 is 23.0 Å². The van der Waals surface area contributed by atoms with E-state index in [1.165, 1.54) is 0 Å². The molecule has 0 saturated heterocycles. The number of hydrogen-bond acceptors (Lipinski definition) is 8. The minimum absolute atomic E-state index is 0.525. The van der Waals surface area contributed by atoms with Crippen molar-refractivity contribution in [3.05, 3.63) is 48.0 Å². The van der Waals surface area contributed by atoms with E-state index in [9.17, 15) is 35.1 Å². The molecular weight excluding hydrogens is 292 g/mol. The van der Waals surface area contributed by atoms with Gasteiger partial charge in [-0.25, -0.2) is 0 Å². The third-order valence-electron chi connectivity index (χ3n) is 2.53. The summed E-state index contributed by atoms with van der Waals surface area (Å²) in [6, 6.07) is -0.572. The molecular formula is C9H8N4O8. The molecule has 1 atom stereocenters. The first-order valence-electron chi connectivity index (χ1n) is 5.23. The molecule has 1 unspecified atom stereocenters. The van der Waals surface area contributed by atoms with Gasteiger partial charge in [-0.05, 0) is 0 Å². The summed E-state index contributed by atoms with van der Waals surface area (Å²) in [6.07, 6.45) is -0.708. The molecule has 0 saturated carbocycles. The Kier molecular flexibility index (Phi) is 4.45. The molecule has 3 N–H and O–H groups in total. The first-order valence-corrected chi connectivity index (χ1v) is 5.23. The number of rotatable bonds is 6. The molecule has 0 spiro atoms. The molecule has 112 valence electrons. The minimum atomic E-state index is -1.62. The minimum Gasteiger partial charge on any atom is -0.480 e. The van der Waals surface area contributed by atoms with Crippen LogP contribution in [0.5, 0.6) is 0 Å². The first-order chi connectivity index (χ1) is 9.65. The van der Waals surface area contributed by atoms with Crippen molar-refractivity contribution in [3.8, 4) is 0 Å². The van der Waals surface area contributed by atoms with Gasteiger partial charge < -0.3 is 10.8 Å². The number of carboxylic acid groups (broad SMARTS) is 1. The van der Waals surface area contributed by atoms with Gasteiger partial charge >= 0.3 is 5.97 Å². The molecule has 12 heteroatoms. The molecule has 12 nitrogen and oxygen atoms in total. The van der Waals surface area contributed by atoms with Gasteiger partial charge in [-0.15, -0.1) is 0 Å². The van der Waals surface area contributed by atoms with Crippen molar-refractivity contribution in [2.45, 2.75) is 12.5 Å². The number of nitrogens with two attached hydrogens (primary N) is 1.